The van der Waals surface area contributed by atoms with Gasteiger partial charge in [-0.25, -0.2) is 8.42 Å². The number of rotatable bonds is 11. The van der Waals surface area contributed by atoms with E-state index < -0.39 is 10.0 Å². The van der Waals surface area contributed by atoms with Gasteiger partial charge >= 0.3 is 0 Å². The number of carbonyl (C=O) groups is 1. The summed E-state index contributed by atoms with van der Waals surface area (Å²) >= 11 is 0. The highest BCUT2D eigenvalue weighted by atomic mass is 32.2. The Balaban J connectivity index is 1.79. The molecule has 0 aliphatic heterocycles. The molecule has 0 bridgehead atoms. The van der Waals surface area contributed by atoms with Crippen molar-refractivity contribution in [2.75, 3.05) is 33.4 Å². The lowest BCUT2D eigenvalue weighted by molar-refractivity contribution is -0.123. The lowest BCUT2D eigenvalue weighted by Gasteiger charge is -2.18. The summed E-state index contributed by atoms with van der Waals surface area (Å²) in [6.45, 7) is 4.78. The van der Waals surface area contributed by atoms with Gasteiger partial charge < -0.3 is 14.8 Å². The van der Waals surface area contributed by atoms with Crippen LogP contribution in [0.5, 0.6) is 11.5 Å². The normalized spacial score (nSPS) is 11.3. The molecule has 8 heteroatoms. The van der Waals surface area contributed by atoms with Gasteiger partial charge in [-0.05, 0) is 48.4 Å². The van der Waals surface area contributed by atoms with Crippen molar-refractivity contribution in [3.05, 3.63) is 54.1 Å². The predicted octanol–water partition coefficient (Wildman–Crippen LogP) is 2.46. The lowest BCUT2D eigenvalue weighted by atomic mass is 10.1. The lowest BCUT2D eigenvalue weighted by Crippen LogP contribution is -2.31. The van der Waals surface area contributed by atoms with Crippen LogP contribution in [0.25, 0.3) is 0 Å². The SMILES string of the molecule is CCN(CC)S(=O)(=O)c1ccc(OCC(=O)NCCc2ccc(OC)cc2)cc1. The molecule has 0 saturated heterocycles. The molecule has 0 spiro atoms. The second-order valence-corrected chi connectivity index (χ2v) is 8.24. The van der Waals surface area contributed by atoms with Crippen molar-refractivity contribution in [2.24, 2.45) is 0 Å². The van der Waals surface area contributed by atoms with E-state index in [0.717, 1.165) is 11.3 Å². The summed E-state index contributed by atoms with van der Waals surface area (Å²) < 4.78 is 36.9. The van der Waals surface area contributed by atoms with Gasteiger partial charge in [0.2, 0.25) is 10.0 Å². The van der Waals surface area contributed by atoms with Gasteiger partial charge in [-0.15, -0.1) is 0 Å². The summed E-state index contributed by atoms with van der Waals surface area (Å²) in [5.41, 5.74) is 1.09. The minimum atomic E-state index is -3.50. The largest absolute Gasteiger partial charge is 0.497 e. The first kappa shape index (κ1) is 22.7. The van der Waals surface area contributed by atoms with Gasteiger partial charge in [0.25, 0.3) is 5.91 Å². The number of ether oxygens (including phenoxy) is 2. The maximum atomic E-state index is 12.5. The van der Waals surface area contributed by atoms with Crippen molar-refractivity contribution >= 4 is 15.9 Å². The zero-order valence-corrected chi connectivity index (χ0v) is 17.9. The van der Waals surface area contributed by atoms with Gasteiger partial charge in [0.1, 0.15) is 11.5 Å². The van der Waals surface area contributed by atoms with E-state index in [-0.39, 0.29) is 17.4 Å². The number of hydrogen-bond donors (Lipinski definition) is 1. The minimum absolute atomic E-state index is 0.134. The third-order valence-electron chi connectivity index (χ3n) is 4.43. The number of carbonyl (C=O) groups excluding carboxylic acids is 1. The molecule has 1 amide bonds. The fraction of sp³-hybridized carbons (Fsp3) is 0.381. The Labute approximate surface area is 172 Å². The molecule has 158 valence electrons. The first-order valence-electron chi connectivity index (χ1n) is 9.53. The first-order valence-corrected chi connectivity index (χ1v) is 11.0. The number of nitrogens with zero attached hydrogens (tertiary/aromatic N) is 1. The Kier molecular flexibility index (Phi) is 8.48. The topological polar surface area (TPSA) is 84.9 Å². The van der Waals surface area contributed by atoms with Crippen LogP contribution in [0.2, 0.25) is 0 Å². The van der Waals surface area contributed by atoms with E-state index >= 15 is 0 Å². The molecule has 7 nitrogen and oxygen atoms in total. The molecule has 0 aliphatic rings. The van der Waals surface area contributed by atoms with Crippen molar-refractivity contribution in [1.29, 1.82) is 0 Å². The molecule has 0 heterocycles. The summed E-state index contributed by atoms with van der Waals surface area (Å²) in [5.74, 6) is 0.995. The van der Waals surface area contributed by atoms with E-state index in [1.54, 1.807) is 33.1 Å². The molecule has 0 unspecified atom stereocenters. The van der Waals surface area contributed by atoms with Gasteiger partial charge in [-0.1, -0.05) is 26.0 Å². The monoisotopic (exact) mass is 420 g/mol. The van der Waals surface area contributed by atoms with Crippen LogP contribution in [0, 0.1) is 0 Å². The molecule has 0 aromatic heterocycles. The summed E-state index contributed by atoms with van der Waals surface area (Å²) in [4.78, 5) is 12.1. The predicted molar refractivity (Wildman–Crippen MR) is 112 cm³/mol. The number of methoxy groups -OCH3 is 1. The maximum Gasteiger partial charge on any atom is 0.257 e. The Morgan fingerprint density at radius 2 is 1.55 bits per heavy atom. The zero-order valence-electron chi connectivity index (χ0n) is 17.1. The van der Waals surface area contributed by atoms with Crippen LogP contribution in [-0.4, -0.2) is 52.0 Å². The third-order valence-corrected chi connectivity index (χ3v) is 6.50. The van der Waals surface area contributed by atoms with Crippen molar-refractivity contribution in [1.82, 2.24) is 9.62 Å². The van der Waals surface area contributed by atoms with Gasteiger partial charge in [0.15, 0.2) is 6.61 Å². The summed E-state index contributed by atoms with van der Waals surface area (Å²) in [7, 11) is -1.88. The van der Waals surface area contributed by atoms with Crippen molar-refractivity contribution in [3.8, 4) is 11.5 Å². The maximum absolute atomic E-state index is 12.5. The quantitative estimate of drug-likeness (QED) is 0.604. The number of amides is 1. The summed E-state index contributed by atoms with van der Waals surface area (Å²) in [5, 5.41) is 2.80. The average molecular weight is 421 g/mol. The highest BCUT2D eigenvalue weighted by Crippen LogP contribution is 2.19. The smallest absolute Gasteiger partial charge is 0.257 e. The van der Waals surface area contributed by atoms with E-state index in [2.05, 4.69) is 5.32 Å². The summed E-state index contributed by atoms with van der Waals surface area (Å²) in [6, 6.07) is 13.8. The van der Waals surface area contributed by atoms with Gasteiger partial charge in [0, 0.05) is 19.6 Å². The zero-order chi connectivity index (χ0) is 21.3. The van der Waals surface area contributed by atoms with Gasteiger partial charge in [-0.2, -0.15) is 4.31 Å². The minimum Gasteiger partial charge on any atom is -0.497 e. The molecule has 0 radical (unpaired) electrons. The number of sulfonamides is 1. The van der Waals surface area contributed by atoms with Crippen LogP contribution in [0.15, 0.2) is 53.4 Å². The number of benzene rings is 2. The highest BCUT2D eigenvalue weighted by molar-refractivity contribution is 7.89. The molecule has 2 aromatic carbocycles. The average Bonchev–Trinajstić information content (AvgIpc) is 2.73. The van der Waals surface area contributed by atoms with Crippen molar-refractivity contribution < 1.29 is 22.7 Å². The van der Waals surface area contributed by atoms with E-state index in [4.69, 9.17) is 9.47 Å². The van der Waals surface area contributed by atoms with Crippen molar-refractivity contribution in [3.63, 3.8) is 0 Å². The van der Waals surface area contributed by atoms with E-state index in [1.807, 2.05) is 24.3 Å². The molecular formula is C21H28N2O5S. The highest BCUT2D eigenvalue weighted by Gasteiger charge is 2.21. The van der Waals surface area contributed by atoms with Crippen LogP contribution in [-0.2, 0) is 21.2 Å². The van der Waals surface area contributed by atoms with Gasteiger partial charge in [0.05, 0.1) is 12.0 Å². The Morgan fingerprint density at radius 3 is 2.10 bits per heavy atom. The molecule has 1 N–H and O–H groups in total. The van der Waals surface area contributed by atoms with E-state index in [1.165, 1.54) is 16.4 Å². The number of nitrogens with one attached hydrogen (secondary N) is 1. The second-order valence-electron chi connectivity index (χ2n) is 6.30. The standard InChI is InChI=1S/C21H28N2O5S/c1-4-23(5-2)29(25,26)20-12-10-19(11-13-20)28-16-21(24)22-15-14-17-6-8-18(27-3)9-7-17/h6-13H,4-5,14-16H2,1-3H3,(H,22,24). The molecule has 0 atom stereocenters. The van der Waals surface area contributed by atoms with Gasteiger partial charge in [-0.3, -0.25) is 4.79 Å². The molecule has 0 saturated carbocycles. The molecule has 2 aromatic rings. The fourth-order valence-corrected chi connectivity index (χ4v) is 4.22. The molecule has 2 rings (SSSR count). The van der Waals surface area contributed by atoms with Crippen LogP contribution >= 0.6 is 0 Å². The fourth-order valence-electron chi connectivity index (χ4n) is 2.76. The summed E-state index contributed by atoms with van der Waals surface area (Å²) in [6.07, 6.45) is 0.702. The Morgan fingerprint density at radius 1 is 0.966 bits per heavy atom. The molecular weight excluding hydrogens is 392 g/mol. The van der Waals surface area contributed by atoms with Crippen molar-refractivity contribution in [2.45, 2.75) is 25.2 Å². The first-order chi connectivity index (χ1) is 13.9. The Bertz CT molecular complexity index is 876. The molecule has 0 aliphatic carbocycles. The molecule has 29 heavy (non-hydrogen) atoms. The van der Waals surface area contributed by atoms with Crippen LogP contribution in [0.4, 0.5) is 0 Å². The van der Waals surface area contributed by atoms with Crippen LogP contribution < -0.4 is 14.8 Å². The Hall–Kier alpha value is -2.58. The molecule has 0 fully saturated rings. The van der Waals surface area contributed by atoms with Crippen LogP contribution in [0.3, 0.4) is 0 Å². The van der Waals surface area contributed by atoms with E-state index in [0.29, 0.717) is 31.8 Å². The second kappa shape index (κ2) is 10.8. The van der Waals surface area contributed by atoms with Crippen LogP contribution in [0.1, 0.15) is 19.4 Å². The number of hydrogen-bond acceptors (Lipinski definition) is 5. The van der Waals surface area contributed by atoms with E-state index in [9.17, 15) is 13.2 Å². The third kappa shape index (κ3) is 6.47.